The van der Waals surface area contributed by atoms with Crippen molar-refractivity contribution in [2.75, 3.05) is 5.01 Å². The lowest BCUT2D eigenvalue weighted by Crippen LogP contribution is -2.25. The quantitative estimate of drug-likeness (QED) is 0.208. The molecule has 1 aromatic heterocycles. The molecule has 1 aliphatic heterocycles. The van der Waals surface area contributed by atoms with Crippen LogP contribution in [0.2, 0.25) is 0 Å². The summed E-state index contributed by atoms with van der Waals surface area (Å²) in [6.45, 7) is 7.10. The van der Waals surface area contributed by atoms with Crippen LogP contribution in [0.15, 0.2) is 41.0 Å². The number of carbonyl (C=O) groups excluding carboxylic acids is 1. The molecule has 0 saturated carbocycles. The maximum Gasteiger partial charge on any atom is 0.280 e. The Hall–Kier alpha value is -3.75. The topological polar surface area (TPSA) is 37.6 Å². The van der Waals surface area contributed by atoms with Gasteiger partial charge in [0, 0.05) is 17.1 Å². The number of hydrazone groups is 1. The molecule has 0 spiro atoms. The summed E-state index contributed by atoms with van der Waals surface area (Å²) < 4.78 is 71.2. The van der Waals surface area contributed by atoms with Gasteiger partial charge in [0.1, 0.15) is 5.69 Å². The molecule has 2 aromatic carbocycles. The normalized spacial score (nSPS) is 15.1. The van der Waals surface area contributed by atoms with Crippen LogP contribution in [0, 0.1) is 49.9 Å². The number of carbonyl (C=O) groups is 1. The largest absolute Gasteiger partial charge is 0.318 e. The van der Waals surface area contributed by atoms with Crippen LogP contribution >= 0.6 is 0 Å². The smallest absolute Gasteiger partial charge is 0.280 e. The molecule has 0 N–H and O–H groups in total. The highest BCUT2D eigenvalue weighted by atomic mass is 19.2. The average molecular weight is 459 g/mol. The Balaban J connectivity index is 1.79. The molecule has 0 atom stereocenters. The molecule has 0 bridgehead atoms. The van der Waals surface area contributed by atoms with E-state index >= 15 is 0 Å². The van der Waals surface area contributed by atoms with Gasteiger partial charge in [-0.3, -0.25) is 4.79 Å². The number of aryl methyl sites for hydroxylation is 2. The van der Waals surface area contributed by atoms with Crippen molar-refractivity contribution in [2.45, 2.75) is 27.7 Å². The zero-order valence-electron chi connectivity index (χ0n) is 18.1. The number of rotatable bonds is 3. The van der Waals surface area contributed by atoms with Crippen LogP contribution in [0.5, 0.6) is 0 Å². The van der Waals surface area contributed by atoms with Crippen molar-refractivity contribution in [3.05, 3.63) is 87.5 Å². The Morgan fingerprint density at radius 2 is 1.45 bits per heavy atom. The molecule has 33 heavy (non-hydrogen) atoms. The zero-order chi connectivity index (χ0) is 24.2. The van der Waals surface area contributed by atoms with Gasteiger partial charge in [0.05, 0.1) is 11.3 Å². The summed E-state index contributed by atoms with van der Waals surface area (Å²) in [6.07, 6.45) is 1.49. The average Bonchev–Trinajstić information content (AvgIpc) is 3.20. The van der Waals surface area contributed by atoms with E-state index in [9.17, 15) is 26.7 Å². The van der Waals surface area contributed by atoms with Crippen molar-refractivity contribution in [3.8, 4) is 5.69 Å². The summed E-state index contributed by atoms with van der Waals surface area (Å²) in [4.78, 5) is 12.9. The van der Waals surface area contributed by atoms with E-state index in [1.54, 1.807) is 0 Å². The Morgan fingerprint density at radius 3 is 2.06 bits per heavy atom. The molecule has 1 aliphatic rings. The lowest BCUT2D eigenvalue weighted by Gasteiger charge is -2.15. The van der Waals surface area contributed by atoms with E-state index in [2.05, 4.69) is 5.10 Å². The van der Waals surface area contributed by atoms with E-state index < -0.39 is 40.7 Å². The maximum absolute atomic E-state index is 14.2. The molecule has 0 saturated heterocycles. The van der Waals surface area contributed by atoms with Gasteiger partial charge in [-0.1, -0.05) is 12.1 Å². The highest BCUT2D eigenvalue weighted by Crippen LogP contribution is 2.34. The number of halogens is 5. The molecule has 2 heterocycles. The lowest BCUT2D eigenvalue weighted by molar-refractivity contribution is -0.114. The van der Waals surface area contributed by atoms with E-state index in [0.717, 1.165) is 22.6 Å². The number of aromatic nitrogens is 1. The predicted molar refractivity (Wildman–Crippen MR) is 115 cm³/mol. The van der Waals surface area contributed by atoms with E-state index in [4.69, 9.17) is 0 Å². The van der Waals surface area contributed by atoms with Crippen molar-refractivity contribution in [1.82, 2.24) is 4.57 Å². The van der Waals surface area contributed by atoms with Crippen molar-refractivity contribution in [2.24, 2.45) is 5.10 Å². The van der Waals surface area contributed by atoms with Crippen LogP contribution in [-0.4, -0.2) is 16.2 Å². The van der Waals surface area contributed by atoms with Crippen molar-refractivity contribution < 1.29 is 26.7 Å². The van der Waals surface area contributed by atoms with E-state index in [0.29, 0.717) is 5.56 Å². The molecule has 0 aliphatic carbocycles. The Labute approximate surface area is 186 Å². The zero-order valence-corrected chi connectivity index (χ0v) is 18.1. The number of amides is 1. The van der Waals surface area contributed by atoms with E-state index in [-0.39, 0.29) is 16.3 Å². The summed E-state index contributed by atoms with van der Waals surface area (Å²) in [5.74, 6) is -11.9. The second-order valence-electron chi connectivity index (χ2n) is 7.78. The predicted octanol–water partition coefficient (Wildman–Crippen LogP) is 5.90. The highest BCUT2D eigenvalue weighted by molar-refractivity contribution is 6.32. The lowest BCUT2D eigenvalue weighted by atomic mass is 10.1. The van der Waals surface area contributed by atoms with Crippen LogP contribution in [0.3, 0.4) is 0 Å². The number of benzene rings is 2. The first-order valence-electron chi connectivity index (χ1n) is 9.92. The number of nitrogens with zero attached hydrogens (tertiary/aromatic N) is 3. The van der Waals surface area contributed by atoms with Crippen LogP contribution in [-0.2, 0) is 4.79 Å². The van der Waals surface area contributed by atoms with Crippen LogP contribution in [0.1, 0.15) is 29.4 Å². The molecular formula is C24H18F5N3O. The summed E-state index contributed by atoms with van der Waals surface area (Å²) in [5.41, 5.74) is 2.93. The van der Waals surface area contributed by atoms with Crippen LogP contribution in [0.4, 0.5) is 27.6 Å². The number of anilines is 1. The first-order chi connectivity index (χ1) is 15.5. The van der Waals surface area contributed by atoms with E-state index in [1.807, 2.05) is 55.7 Å². The first kappa shape index (κ1) is 22.4. The van der Waals surface area contributed by atoms with Crippen LogP contribution in [0.25, 0.3) is 11.8 Å². The van der Waals surface area contributed by atoms with Gasteiger partial charge in [0.2, 0.25) is 5.82 Å². The van der Waals surface area contributed by atoms with Gasteiger partial charge in [0.25, 0.3) is 5.91 Å². The standard InChI is InChI=1S/C24H18F5N3O/c1-11-6-5-7-16(8-11)31-12(2)9-15(14(31)4)10-17-13(3)30-32(24(17)33)23-21(28)19(26)18(25)20(27)22(23)29/h5-10H,1-4H3/b17-10+. The molecule has 0 fully saturated rings. The molecular weight excluding hydrogens is 441 g/mol. The molecule has 0 unspecified atom stereocenters. The first-order valence-corrected chi connectivity index (χ1v) is 9.92. The van der Waals surface area contributed by atoms with Gasteiger partial charge in [-0.25, -0.2) is 22.0 Å². The summed E-state index contributed by atoms with van der Waals surface area (Å²) in [5, 5.41) is 3.97. The summed E-state index contributed by atoms with van der Waals surface area (Å²) in [7, 11) is 0. The number of hydrogen-bond acceptors (Lipinski definition) is 2. The van der Waals surface area contributed by atoms with Crippen LogP contribution < -0.4 is 5.01 Å². The van der Waals surface area contributed by atoms with Gasteiger partial charge < -0.3 is 4.57 Å². The Kier molecular flexibility index (Phi) is 5.43. The van der Waals surface area contributed by atoms with E-state index in [1.165, 1.54) is 13.0 Å². The Bertz CT molecular complexity index is 1360. The molecule has 9 heteroatoms. The van der Waals surface area contributed by atoms with Gasteiger partial charge in [-0.2, -0.15) is 10.1 Å². The second kappa shape index (κ2) is 7.99. The third-order valence-electron chi connectivity index (χ3n) is 5.49. The molecule has 4 nitrogen and oxygen atoms in total. The fraction of sp³-hybridized carbons (Fsp3) is 0.167. The number of hydrogen-bond donors (Lipinski definition) is 0. The summed E-state index contributed by atoms with van der Waals surface area (Å²) >= 11 is 0. The Morgan fingerprint density at radius 1 is 0.848 bits per heavy atom. The molecule has 4 rings (SSSR count). The van der Waals surface area contributed by atoms with Crippen molar-refractivity contribution in [3.63, 3.8) is 0 Å². The minimum Gasteiger partial charge on any atom is -0.318 e. The minimum atomic E-state index is -2.31. The monoisotopic (exact) mass is 459 g/mol. The van der Waals surface area contributed by atoms with Gasteiger partial charge in [0.15, 0.2) is 23.3 Å². The second-order valence-corrected chi connectivity index (χ2v) is 7.78. The SMILES string of the molecule is CC1=NN(c2c(F)c(F)c(F)c(F)c2F)C(=O)/C1=C/c1cc(C)n(-c2cccc(C)c2)c1C. The molecule has 170 valence electrons. The van der Waals surface area contributed by atoms with Crippen molar-refractivity contribution >= 4 is 23.4 Å². The minimum absolute atomic E-state index is 0.0246. The fourth-order valence-corrected chi connectivity index (χ4v) is 3.87. The third kappa shape index (κ3) is 3.53. The molecule has 1 amide bonds. The summed E-state index contributed by atoms with van der Waals surface area (Å²) in [6, 6.07) is 9.64. The maximum atomic E-state index is 14.2. The molecule has 0 radical (unpaired) electrons. The highest BCUT2D eigenvalue weighted by Gasteiger charge is 2.37. The molecule has 3 aromatic rings. The van der Waals surface area contributed by atoms with Gasteiger partial charge in [-0.05, 0) is 63.1 Å². The fourth-order valence-electron chi connectivity index (χ4n) is 3.87. The van der Waals surface area contributed by atoms with Crippen molar-refractivity contribution in [1.29, 1.82) is 0 Å². The van der Waals surface area contributed by atoms with Gasteiger partial charge in [-0.15, -0.1) is 0 Å². The third-order valence-corrected chi connectivity index (χ3v) is 5.49. The van der Waals surface area contributed by atoms with Gasteiger partial charge >= 0.3 is 0 Å².